The van der Waals surface area contributed by atoms with Gasteiger partial charge in [0.05, 0.1) is 11.1 Å². The third-order valence-corrected chi connectivity index (χ3v) is 4.33. The van der Waals surface area contributed by atoms with Crippen molar-refractivity contribution in [2.45, 2.75) is 0 Å². The van der Waals surface area contributed by atoms with Crippen LogP contribution >= 0.6 is 11.6 Å². The maximum Gasteiger partial charge on any atom is 0.271 e. The van der Waals surface area contributed by atoms with Crippen molar-refractivity contribution in [3.05, 3.63) is 98.6 Å². The van der Waals surface area contributed by atoms with Gasteiger partial charge in [-0.05, 0) is 48.5 Å². The quantitative estimate of drug-likeness (QED) is 0.304. The summed E-state index contributed by atoms with van der Waals surface area (Å²) >= 11 is 5.81. The molecule has 0 fully saturated rings. The van der Waals surface area contributed by atoms with E-state index in [9.17, 15) is 24.8 Å². The van der Waals surface area contributed by atoms with Crippen LogP contribution in [0.2, 0.25) is 5.02 Å². The summed E-state index contributed by atoms with van der Waals surface area (Å²) in [6.07, 6.45) is 1.09. The lowest BCUT2D eigenvalue weighted by Crippen LogP contribution is -2.18. The van der Waals surface area contributed by atoms with E-state index in [2.05, 4.69) is 15.8 Å². The molecule has 3 N–H and O–H groups in total. The lowest BCUT2D eigenvalue weighted by atomic mass is 10.1. The Bertz CT molecular complexity index is 1180. The molecule has 3 aromatic carbocycles. The van der Waals surface area contributed by atoms with Crippen LogP contribution < -0.4 is 10.7 Å². The van der Waals surface area contributed by atoms with Crippen molar-refractivity contribution < 1.29 is 19.6 Å². The number of benzene rings is 3. The van der Waals surface area contributed by atoms with Gasteiger partial charge in [-0.1, -0.05) is 17.7 Å². The highest BCUT2D eigenvalue weighted by atomic mass is 35.5. The number of carbonyl (C=O) groups is 2. The summed E-state index contributed by atoms with van der Waals surface area (Å²) in [6.45, 7) is 0. The van der Waals surface area contributed by atoms with Gasteiger partial charge >= 0.3 is 0 Å². The summed E-state index contributed by atoms with van der Waals surface area (Å²) < 4.78 is 0. The van der Waals surface area contributed by atoms with Crippen LogP contribution in [0.4, 0.5) is 11.4 Å². The number of nitrogens with one attached hydrogen (secondary N) is 2. The van der Waals surface area contributed by atoms with Gasteiger partial charge in [0.15, 0.2) is 0 Å². The average molecular weight is 439 g/mol. The topological polar surface area (TPSA) is 134 Å². The Morgan fingerprint density at radius 2 is 1.74 bits per heavy atom. The number of halogens is 1. The van der Waals surface area contributed by atoms with Gasteiger partial charge in [-0.25, -0.2) is 5.43 Å². The first-order valence-corrected chi connectivity index (χ1v) is 9.19. The fraction of sp³-hybridized carbons (Fsp3) is 0. The lowest BCUT2D eigenvalue weighted by molar-refractivity contribution is -0.384. The lowest BCUT2D eigenvalue weighted by Gasteiger charge is -2.07. The number of hydrogen-bond donors (Lipinski definition) is 3. The number of amides is 2. The molecule has 0 aromatic heterocycles. The van der Waals surface area contributed by atoms with Crippen LogP contribution in [0.15, 0.2) is 71.8 Å². The number of anilines is 1. The fourth-order valence-corrected chi connectivity index (χ4v) is 2.65. The monoisotopic (exact) mass is 438 g/mol. The zero-order chi connectivity index (χ0) is 22.4. The molecule has 0 saturated heterocycles. The van der Waals surface area contributed by atoms with Crippen molar-refractivity contribution in [2.24, 2.45) is 5.10 Å². The molecule has 0 saturated carbocycles. The summed E-state index contributed by atoms with van der Waals surface area (Å²) in [5.41, 5.74) is 3.12. The second-order valence-electron chi connectivity index (χ2n) is 6.24. The molecule has 0 atom stereocenters. The predicted molar refractivity (Wildman–Crippen MR) is 116 cm³/mol. The molecule has 10 heteroatoms. The first-order chi connectivity index (χ1) is 14.8. The van der Waals surface area contributed by atoms with E-state index in [0.717, 1.165) is 24.4 Å². The molecule has 0 unspecified atom stereocenters. The molecular formula is C21H15ClN4O5. The smallest absolute Gasteiger partial charge is 0.271 e. The number of phenols is 1. The number of aromatic hydroxyl groups is 1. The van der Waals surface area contributed by atoms with Gasteiger partial charge in [-0.2, -0.15) is 5.10 Å². The van der Waals surface area contributed by atoms with E-state index in [1.54, 1.807) is 36.4 Å². The van der Waals surface area contributed by atoms with Gasteiger partial charge in [0, 0.05) is 39.5 Å². The highest BCUT2D eigenvalue weighted by Crippen LogP contribution is 2.21. The molecule has 0 radical (unpaired) electrons. The first kappa shape index (κ1) is 21.5. The molecule has 9 nitrogen and oxygen atoms in total. The Balaban J connectivity index is 1.67. The van der Waals surface area contributed by atoms with Gasteiger partial charge in [-0.3, -0.25) is 19.7 Å². The van der Waals surface area contributed by atoms with E-state index in [-0.39, 0.29) is 28.5 Å². The third-order valence-electron chi connectivity index (χ3n) is 4.08. The van der Waals surface area contributed by atoms with E-state index >= 15 is 0 Å². The number of carbonyl (C=O) groups excluding carboxylic acids is 2. The van der Waals surface area contributed by atoms with Crippen LogP contribution in [-0.4, -0.2) is 28.1 Å². The van der Waals surface area contributed by atoms with Crippen molar-refractivity contribution >= 4 is 41.0 Å². The number of hydrazone groups is 1. The van der Waals surface area contributed by atoms with Crippen LogP contribution in [0.5, 0.6) is 5.75 Å². The Hall–Kier alpha value is -4.24. The number of phenolic OH excluding ortho intramolecular Hbond substituents is 1. The standard InChI is InChI=1S/C21H15ClN4O5/c22-16-6-4-13(5-7-16)20(28)24-17-3-1-2-14(10-17)21(29)25-23-12-15-11-18(26(30)31)8-9-19(15)27/h1-12,27H,(H,24,28)(H,25,29). The predicted octanol–water partition coefficient (Wildman–Crippen LogP) is 3.97. The van der Waals surface area contributed by atoms with Crippen molar-refractivity contribution in [3.63, 3.8) is 0 Å². The molecule has 31 heavy (non-hydrogen) atoms. The Kier molecular flexibility index (Phi) is 6.58. The highest BCUT2D eigenvalue weighted by Gasteiger charge is 2.11. The Morgan fingerprint density at radius 1 is 1.00 bits per heavy atom. The highest BCUT2D eigenvalue weighted by molar-refractivity contribution is 6.30. The summed E-state index contributed by atoms with van der Waals surface area (Å²) in [6, 6.07) is 16.0. The number of rotatable bonds is 6. The van der Waals surface area contributed by atoms with Crippen LogP contribution in [-0.2, 0) is 0 Å². The maximum atomic E-state index is 12.3. The molecule has 156 valence electrons. The number of non-ortho nitro benzene ring substituents is 1. The SMILES string of the molecule is O=C(NN=Cc1cc([N+](=O)[O-])ccc1O)c1cccc(NC(=O)c2ccc(Cl)cc2)c1. The second kappa shape index (κ2) is 9.51. The van der Waals surface area contributed by atoms with Crippen LogP contribution in [0, 0.1) is 10.1 Å². The van der Waals surface area contributed by atoms with Crippen molar-refractivity contribution in [1.82, 2.24) is 5.43 Å². The molecule has 0 aliphatic heterocycles. The van der Waals surface area contributed by atoms with E-state index in [0.29, 0.717) is 16.3 Å². The van der Waals surface area contributed by atoms with Gasteiger partial charge in [0.2, 0.25) is 0 Å². The van der Waals surface area contributed by atoms with Crippen molar-refractivity contribution in [1.29, 1.82) is 0 Å². The third kappa shape index (κ3) is 5.64. The van der Waals surface area contributed by atoms with Gasteiger partial charge in [0.25, 0.3) is 17.5 Å². The molecule has 0 aliphatic rings. The summed E-state index contributed by atoms with van der Waals surface area (Å²) in [4.78, 5) is 34.8. The first-order valence-electron chi connectivity index (χ1n) is 8.81. The molecular weight excluding hydrogens is 424 g/mol. The Morgan fingerprint density at radius 3 is 2.45 bits per heavy atom. The molecule has 0 aliphatic carbocycles. The number of hydrogen-bond acceptors (Lipinski definition) is 6. The minimum absolute atomic E-state index is 0.0680. The minimum Gasteiger partial charge on any atom is -0.507 e. The van der Waals surface area contributed by atoms with Crippen molar-refractivity contribution in [3.8, 4) is 5.75 Å². The van der Waals surface area contributed by atoms with Gasteiger partial charge < -0.3 is 10.4 Å². The number of nitrogens with zero attached hydrogens (tertiary/aromatic N) is 2. The van der Waals surface area contributed by atoms with Crippen LogP contribution in [0.1, 0.15) is 26.3 Å². The molecule has 0 bridgehead atoms. The number of nitro benzene ring substituents is 1. The maximum absolute atomic E-state index is 12.3. The largest absolute Gasteiger partial charge is 0.507 e. The molecule has 3 aromatic rings. The minimum atomic E-state index is -0.612. The normalized spacial score (nSPS) is 10.6. The summed E-state index contributed by atoms with van der Waals surface area (Å²) in [5, 5.41) is 27.5. The summed E-state index contributed by atoms with van der Waals surface area (Å²) in [7, 11) is 0. The summed E-state index contributed by atoms with van der Waals surface area (Å²) in [5.74, 6) is -1.17. The van der Waals surface area contributed by atoms with E-state index < -0.39 is 10.8 Å². The molecule has 0 heterocycles. The molecule has 0 spiro atoms. The average Bonchev–Trinajstić information content (AvgIpc) is 2.75. The molecule has 2 amide bonds. The molecule has 3 rings (SSSR count). The fourth-order valence-electron chi connectivity index (χ4n) is 2.53. The zero-order valence-corrected chi connectivity index (χ0v) is 16.5. The van der Waals surface area contributed by atoms with Crippen LogP contribution in [0.25, 0.3) is 0 Å². The zero-order valence-electron chi connectivity index (χ0n) is 15.8. The van der Waals surface area contributed by atoms with E-state index in [1.807, 2.05) is 0 Å². The van der Waals surface area contributed by atoms with Crippen LogP contribution in [0.3, 0.4) is 0 Å². The second-order valence-corrected chi connectivity index (χ2v) is 6.68. The van der Waals surface area contributed by atoms with E-state index in [4.69, 9.17) is 11.6 Å². The Labute approximate surface area is 181 Å². The van der Waals surface area contributed by atoms with E-state index in [1.165, 1.54) is 12.1 Å². The van der Waals surface area contributed by atoms with Gasteiger partial charge in [0.1, 0.15) is 5.75 Å². The van der Waals surface area contributed by atoms with Crippen molar-refractivity contribution in [2.75, 3.05) is 5.32 Å². The number of nitro groups is 1. The van der Waals surface area contributed by atoms with Gasteiger partial charge in [-0.15, -0.1) is 0 Å².